The molecule has 4 heteroatoms. The molecule has 0 amide bonds. The summed E-state index contributed by atoms with van der Waals surface area (Å²) in [5.74, 6) is -0.272. The molecule has 3 aromatic carbocycles. The number of rotatable bonds is 6. The SMILES string of the molecule is Cc1ccc(/C(C#N)=C/c2cccc(OCc3ccc(C(=O)O)cc3)c2)cc1. The Hall–Kier alpha value is -3.84. The van der Waals surface area contributed by atoms with Gasteiger partial charge in [0.05, 0.1) is 17.2 Å². The highest BCUT2D eigenvalue weighted by atomic mass is 16.5. The Morgan fingerprint density at radius 1 is 1.04 bits per heavy atom. The highest BCUT2D eigenvalue weighted by Gasteiger charge is 2.04. The second-order valence-corrected chi connectivity index (χ2v) is 6.40. The Kier molecular flexibility index (Phi) is 5.88. The quantitative estimate of drug-likeness (QED) is 0.470. The lowest BCUT2D eigenvalue weighted by atomic mass is 10.0. The first-order chi connectivity index (χ1) is 13.5. The number of nitriles is 1. The van der Waals surface area contributed by atoms with Crippen LogP contribution in [-0.2, 0) is 6.61 Å². The first-order valence-corrected chi connectivity index (χ1v) is 8.79. The Morgan fingerprint density at radius 2 is 1.71 bits per heavy atom. The van der Waals surface area contributed by atoms with Crippen LogP contribution in [0.1, 0.15) is 32.6 Å². The van der Waals surface area contributed by atoms with Crippen molar-refractivity contribution < 1.29 is 14.6 Å². The monoisotopic (exact) mass is 369 g/mol. The average Bonchev–Trinajstić information content (AvgIpc) is 2.72. The predicted octanol–water partition coefficient (Wildman–Crippen LogP) is 5.34. The number of carboxylic acids is 1. The Labute approximate surface area is 164 Å². The van der Waals surface area contributed by atoms with Crippen LogP contribution in [0.15, 0.2) is 72.8 Å². The van der Waals surface area contributed by atoms with Crippen molar-refractivity contribution in [2.45, 2.75) is 13.5 Å². The van der Waals surface area contributed by atoms with E-state index in [-0.39, 0.29) is 5.56 Å². The fraction of sp³-hybridized carbons (Fsp3) is 0.0833. The summed E-state index contributed by atoms with van der Waals surface area (Å²) in [4.78, 5) is 10.9. The minimum Gasteiger partial charge on any atom is -0.489 e. The summed E-state index contributed by atoms with van der Waals surface area (Å²) in [6.07, 6.45) is 1.83. The summed E-state index contributed by atoms with van der Waals surface area (Å²) in [6, 6.07) is 24.2. The van der Waals surface area contributed by atoms with Gasteiger partial charge in [0.1, 0.15) is 12.4 Å². The number of ether oxygens (including phenoxy) is 1. The van der Waals surface area contributed by atoms with Crippen molar-refractivity contribution in [3.05, 3.63) is 101 Å². The number of allylic oxidation sites excluding steroid dienone is 1. The van der Waals surface area contributed by atoms with Crippen molar-refractivity contribution >= 4 is 17.6 Å². The lowest BCUT2D eigenvalue weighted by Gasteiger charge is -2.08. The number of aromatic carboxylic acids is 1. The van der Waals surface area contributed by atoms with Crippen LogP contribution in [0.5, 0.6) is 5.75 Å². The third-order valence-corrected chi connectivity index (χ3v) is 4.26. The van der Waals surface area contributed by atoms with E-state index in [0.717, 1.165) is 22.3 Å². The van der Waals surface area contributed by atoms with Crippen LogP contribution < -0.4 is 4.74 Å². The topological polar surface area (TPSA) is 70.3 Å². The van der Waals surface area contributed by atoms with Gasteiger partial charge in [-0.2, -0.15) is 5.26 Å². The smallest absolute Gasteiger partial charge is 0.335 e. The number of aryl methyl sites for hydroxylation is 1. The molecular formula is C24H19NO3. The van der Waals surface area contributed by atoms with Gasteiger partial charge in [-0.1, -0.05) is 54.1 Å². The van der Waals surface area contributed by atoms with Gasteiger partial charge in [-0.3, -0.25) is 0 Å². The molecule has 0 aromatic heterocycles. The molecule has 0 aliphatic carbocycles. The fourth-order valence-electron chi connectivity index (χ4n) is 2.68. The molecule has 0 spiro atoms. The van der Waals surface area contributed by atoms with Crippen LogP contribution in [-0.4, -0.2) is 11.1 Å². The fourth-order valence-corrected chi connectivity index (χ4v) is 2.68. The summed E-state index contributed by atoms with van der Waals surface area (Å²) in [5, 5.41) is 18.4. The van der Waals surface area contributed by atoms with Crippen molar-refractivity contribution in [3.8, 4) is 11.8 Å². The summed E-state index contributed by atoms with van der Waals surface area (Å²) in [5.41, 5.74) is 4.60. The van der Waals surface area contributed by atoms with E-state index in [1.807, 2.05) is 61.5 Å². The summed E-state index contributed by atoms with van der Waals surface area (Å²) in [6.45, 7) is 2.34. The van der Waals surface area contributed by atoms with Gasteiger partial charge in [-0.05, 0) is 54.0 Å². The van der Waals surface area contributed by atoms with Gasteiger partial charge in [0.2, 0.25) is 0 Å². The molecule has 3 aromatic rings. The molecule has 28 heavy (non-hydrogen) atoms. The third kappa shape index (κ3) is 4.87. The molecule has 0 aliphatic heterocycles. The van der Waals surface area contributed by atoms with Crippen LogP contribution in [0.3, 0.4) is 0 Å². The minimum atomic E-state index is -0.950. The van der Waals surface area contributed by atoms with Crippen molar-refractivity contribution in [1.29, 1.82) is 5.26 Å². The van der Waals surface area contributed by atoms with Gasteiger partial charge >= 0.3 is 5.97 Å². The van der Waals surface area contributed by atoms with Gasteiger partial charge in [0.15, 0.2) is 0 Å². The second kappa shape index (κ2) is 8.70. The minimum absolute atomic E-state index is 0.246. The van der Waals surface area contributed by atoms with Gasteiger partial charge in [0.25, 0.3) is 0 Å². The van der Waals surface area contributed by atoms with Crippen LogP contribution in [0, 0.1) is 18.3 Å². The molecule has 0 saturated heterocycles. The molecular weight excluding hydrogens is 350 g/mol. The first-order valence-electron chi connectivity index (χ1n) is 8.79. The molecule has 0 unspecified atom stereocenters. The largest absolute Gasteiger partial charge is 0.489 e. The molecule has 4 nitrogen and oxygen atoms in total. The van der Waals surface area contributed by atoms with E-state index in [4.69, 9.17) is 9.84 Å². The molecule has 0 heterocycles. The number of hydrogen-bond donors (Lipinski definition) is 1. The maximum absolute atomic E-state index is 10.9. The van der Waals surface area contributed by atoms with E-state index < -0.39 is 5.97 Å². The number of carboxylic acid groups (broad SMARTS) is 1. The molecule has 138 valence electrons. The van der Waals surface area contributed by atoms with E-state index in [2.05, 4.69) is 6.07 Å². The summed E-state index contributed by atoms with van der Waals surface area (Å²) in [7, 11) is 0. The van der Waals surface area contributed by atoms with Crippen molar-refractivity contribution in [1.82, 2.24) is 0 Å². The lowest BCUT2D eigenvalue weighted by Crippen LogP contribution is -1.99. The van der Waals surface area contributed by atoms with Gasteiger partial charge in [0, 0.05) is 0 Å². The zero-order chi connectivity index (χ0) is 19.9. The number of hydrogen-bond acceptors (Lipinski definition) is 3. The van der Waals surface area contributed by atoms with Crippen molar-refractivity contribution in [2.75, 3.05) is 0 Å². The first kappa shape index (κ1) is 18.9. The highest BCUT2D eigenvalue weighted by Crippen LogP contribution is 2.21. The maximum Gasteiger partial charge on any atom is 0.335 e. The molecule has 0 bridgehead atoms. The van der Waals surface area contributed by atoms with Crippen molar-refractivity contribution in [3.63, 3.8) is 0 Å². The van der Waals surface area contributed by atoms with Gasteiger partial charge in [-0.25, -0.2) is 4.79 Å². The van der Waals surface area contributed by atoms with E-state index in [1.165, 1.54) is 0 Å². The Bertz CT molecular complexity index is 1040. The molecule has 0 radical (unpaired) electrons. The van der Waals surface area contributed by atoms with E-state index in [9.17, 15) is 10.1 Å². The average molecular weight is 369 g/mol. The zero-order valence-electron chi connectivity index (χ0n) is 15.4. The molecule has 3 rings (SSSR count). The standard InChI is InChI=1S/C24H19NO3/c1-17-5-9-20(10-6-17)22(15-25)13-19-3-2-4-23(14-19)28-16-18-7-11-21(12-8-18)24(26)27/h2-14H,16H2,1H3,(H,26,27)/b22-13+. The van der Waals surface area contributed by atoms with Crippen LogP contribution in [0.25, 0.3) is 11.6 Å². The molecule has 0 saturated carbocycles. The van der Waals surface area contributed by atoms with Gasteiger partial charge in [-0.15, -0.1) is 0 Å². The predicted molar refractivity (Wildman–Crippen MR) is 109 cm³/mol. The van der Waals surface area contributed by atoms with E-state index >= 15 is 0 Å². The number of carbonyl (C=O) groups is 1. The zero-order valence-corrected chi connectivity index (χ0v) is 15.4. The van der Waals surface area contributed by atoms with Crippen LogP contribution in [0.4, 0.5) is 0 Å². The lowest BCUT2D eigenvalue weighted by molar-refractivity contribution is 0.0697. The normalized spacial score (nSPS) is 10.9. The molecule has 0 aliphatic rings. The molecule has 0 atom stereocenters. The van der Waals surface area contributed by atoms with Crippen LogP contribution >= 0.6 is 0 Å². The third-order valence-electron chi connectivity index (χ3n) is 4.26. The maximum atomic E-state index is 10.9. The van der Waals surface area contributed by atoms with Crippen LogP contribution in [0.2, 0.25) is 0 Å². The van der Waals surface area contributed by atoms with Gasteiger partial charge < -0.3 is 9.84 Å². The summed E-state index contributed by atoms with van der Waals surface area (Å²) < 4.78 is 5.81. The molecule has 1 N–H and O–H groups in total. The number of nitrogens with zero attached hydrogens (tertiary/aromatic N) is 1. The number of benzene rings is 3. The molecule has 0 fully saturated rings. The van der Waals surface area contributed by atoms with Crippen molar-refractivity contribution in [2.24, 2.45) is 0 Å². The Balaban J connectivity index is 1.73. The van der Waals surface area contributed by atoms with E-state index in [1.54, 1.807) is 24.3 Å². The second-order valence-electron chi connectivity index (χ2n) is 6.40. The highest BCUT2D eigenvalue weighted by molar-refractivity contribution is 5.89. The Morgan fingerprint density at radius 3 is 2.36 bits per heavy atom. The summed E-state index contributed by atoms with van der Waals surface area (Å²) >= 11 is 0. The van der Waals surface area contributed by atoms with E-state index in [0.29, 0.717) is 17.9 Å².